The number of aryl methyl sites for hydroxylation is 2. The summed E-state index contributed by atoms with van der Waals surface area (Å²) in [5.74, 6) is -1.22. The third kappa shape index (κ3) is 1.70. The number of carboxylic acid groups (broad SMARTS) is 1. The molecule has 0 bridgehead atoms. The SMILES string of the molecule is Cc1c(C(=O)O)c(=O)n(C)c2ccc(Cl)cc12. The molecule has 0 aliphatic heterocycles. The molecule has 1 aromatic heterocycles. The van der Waals surface area contributed by atoms with E-state index in [1.807, 2.05) is 0 Å². The van der Waals surface area contributed by atoms with Crippen molar-refractivity contribution in [2.24, 2.45) is 7.05 Å². The van der Waals surface area contributed by atoms with Crippen molar-refractivity contribution >= 4 is 28.5 Å². The Kier molecular flexibility index (Phi) is 2.67. The summed E-state index contributed by atoms with van der Waals surface area (Å²) in [4.78, 5) is 23.0. The number of carbonyl (C=O) groups is 1. The van der Waals surface area contributed by atoms with Gasteiger partial charge in [0.2, 0.25) is 0 Å². The van der Waals surface area contributed by atoms with Crippen LogP contribution in [0.2, 0.25) is 5.02 Å². The normalized spacial score (nSPS) is 10.8. The number of aromatic carboxylic acids is 1. The third-order valence-electron chi connectivity index (χ3n) is 2.83. The molecule has 4 nitrogen and oxygen atoms in total. The molecule has 0 saturated carbocycles. The van der Waals surface area contributed by atoms with E-state index < -0.39 is 11.5 Å². The van der Waals surface area contributed by atoms with Crippen molar-refractivity contribution in [2.75, 3.05) is 0 Å². The summed E-state index contributed by atoms with van der Waals surface area (Å²) in [6.07, 6.45) is 0. The topological polar surface area (TPSA) is 59.3 Å². The van der Waals surface area contributed by atoms with Gasteiger partial charge < -0.3 is 9.67 Å². The first-order chi connectivity index (χ1) is 7.93. The van der Waals surface area contributed by atoms with Gasteiger partial charge in [0.1, 0.15) is 5.56 Å². The van der Waals surface area contributed by atoms with Crippen LogP contribution >= 0.6 is 11.6 Å². The van der Waals surface area contributed by atoms with Crippen molar-refractivity contribution in [2.45, 2.75) is 6.92 Å². The van der Waals surface area contributed by atoms with Crippen LogP contribution in [-0.2, 0) is 7.05 Å². The molecule has 0 saturated heterocycles. The Balaban J connectivity index is 3.06. The van der Waals surface area contributed by atoms with E-state index in [2.05, 4.69) is 0 Å². The molecular formula is C12H10ClNO3. The van der Waals surface area contributed by atoms with E-state index >= 15 is 0 Å². The molecular weight excluding hydrogens is 242 g/mol. The highest BCUT2D eigenvalue weighted by molar-refractivity contribution is 6.31. The zero-order chi connectivity index (χ0) is 12.7. The standard InChI is InChI=1S/C12H10ClNO3/c1-6-8-5-7(13)3-4-9(8)14(2)11(15)10(6)12(16)17/h3-5H,1-2H3,(H,16,17). The Labute approximate surface area is 102 Å². The fourth-order valence-corrected chi connectivity index (χ4v) is 2.10. The molecule has 1 heterocycles. The minimum atomic E-state index is -1.22. The molecule has 2 aromatic rings. The number of pyridine rings is 1. The van der Waals surface area contributed by atoms with E-state index in [0.717, 1.165) is 0 Å². The highest BCUT2D eigenvalue weighted by Crippen LogP contribution is 2.22. The maximum absolute atomic E-state index is 11.9. The molecule has 17 heavy (non-hydrogen) atoms. The minimum absolute atomic E-state index is 0.206. The summed E-state index contributed by atoms with van der Waals surface area (Å²) in [5, 5.41) is 10.2. The number of carboxylic acids is 1. The van der Waals surface area contributed by atoms with E-state index in [4.69, 9.17) is 16.7 Å². The van der Waals surface area contributed by atoms with Crippen molar-refractivity contribution in [3.8, 4) is 0 Å². The number of aromatic nitrogens is 1. The Morgan fingerprint density at radius 2 is 2.06 bits per heavy atom. The second-order valence-electron chi connectivity index (χ2n) is 3.83. The first kappa shape index (κ1) is 11.7. The number of fused-ring (bicyclic) bond motifs is 1. The number of rotatable bonds is 1. The smallest absolute Gasteiger partial charge is 0.341 e. The van der Waals surface area contributed by atoms with Crippen LogP contribution in [0.3, 0.4) is 0 Å². The predicted molar refractivity (Wildman–Crippen MR) is 65.9 cm³/mol. The van der Waals surface area contributed by atoms with Gasteiger partial charge in [-0.25, -0.2) is 4.79 Å². The molecule has 0 aliphatic rings. The lowest BCUT2D eigenvalue weighted by Crippen LogP contribution is -2.26. The van der Waals surface area contributed by atoms with Crippen LogP contribution in [0.5, 0.6) is 0 Å². The van der Waals surface area contributed by atoms with Crippen molar-refractivity contribution in [1.29, 1.82) is 0 Å². The average Bonchev–Trinajstić information content (AvgIpc) is 2.26. The summed E-state index contributed by atoms with van der Waals surface area (Å²) in [5.41, 5.74) is 0.395. The van der Waals surface area contributed by atoms with Gasteiger partial charge in [-0.3, -0.25) is 4.79 Å². The monoisotopic (exact) mass is 251 g/mol. The second-order valence-corrected chi connectivity index (χ2v) is 4.27. The lowest BCUT2D eigenvalue weighted by Gasteiger charge is -2.10. The minimum Gasteiger partial charge on any atom is -0.477 e. The van der Waals surface area contributed by atoms with E-state index in [-0.39, 0.29) is 5.56 Å². The maximum atomic E-state index is 11.9. The van der Waals surface area contributed by atoms with Crippen LogP contribution < -0.4 is 5.56 Å². The van der Waals surface area contributed by atoms with E-state index in [0.29, 0.717) is 21.5 Å². The van der Waals surface area contributed by atoms with Gasteiger partial charge >= 0.3 is 5.97 Å². The molecule has 88 valence electrons. The van der Waals surface area contributed by atoms with Crippen LogP contribution in [0.25, 0.3) is 10.9 Å². The van der Waals surface area contributed by atoms with Crippen molar-refractivity contribution < 1.29 is 9.90 Å². The van der Waals surface area contributed by atoms with Gasteiger partial charge in [0.25, 0.3) is 5.56 Å². The van der Waals surface area contributed by atoms with Crippen LogP contribution in [0.4, 0.5) is 0 Å². The van der Waals surface area contributed by atoms with E-state index in [9.17, 15) is 9.59 Å². The first-order valence-electron chi connectivity index (χ1n) is 4.95. The number of nitrogens with zero attached hydrogens (tertiary/aromatic N) is 1. The summed E-state index contributed by atoms with van der Waals surface area (Å²) >= 11 is 5.88. The number of hydrogen-bond donors (Lipinski definition) is 1. The molecule has 0 unspecified atom stereocenters. The molecule has 0 atom stereocenters. The molecule has 0 aliphatic carbocycles. The fourth-order valence-electron chi connectivity index (χ4n) is 1.93. The molecule has 0 fully saturated rings. The zero-order valence-corrected chi connectivity index (χ0v) is 10.1. The number of hydrogen-bond acceptors (Lipinski definition) is 2. The van der Waals surface area contributed by atoms with Crippen molar-refractivity contribution in [3.05, 3.63) is 44.7 Å². The summed E-state index contributed by atoms with van der Waals surface area (Å²) < 4.78 is 1.32. The quantitative estimate of drug-likeness (QED) is 0.845. The Bertz CT molecular complexity index is 688. The highest BCUT2D eigenvalue weighted by Gasteiger charge is 2.17. The van der Waals surface area contributed by atoms with Crippen LogP contribution in [0, 0.1) is 6.92 Å². The Morgan fingerprint density at radius 3 is 2.65 bits per heavy atom. The van der Waals surface area contributed by atoms with Gasteiger partial charge in [0.05, 0.1) is 5.52 Å². The van der Waals surface area contributed by atoms with Gasteiger partial charge in [-0.1, -0.05) is 11.6 Å². The lowest BCUT2D eigenvalue weighted by molar-refractivity contribution is 0.0694. The molecule has 1 aromatic carbocycles. The summed E-state index contributed by atoms with van der Waals surface area (Å²) in [6, 6.07) is 5.04. The van der Waals surface area contributed by atoms with Gasteiger partial charge in [0.15, 0.2) is 0 Å². The molecule has 0 spiro atoms. The van der Waals surface area contributed by atoms with Crippen LogP contribution in [0.15, 0.2) is 23.0 Å². The molecule has 1 N–H and O–H groups in total. The molecule has 5 heteroatoms. The maximum Gasteiger partial charge on any atom is 0.341 e. The number of halogens is 1. The van der Waals surface area contributed by atoms with Crippen LogP contribution in [-0.4, -0.2) is 15.6 Å². The predicted octanol–water partition coefficient (Wildman–Crippen LogP) is 2.20. The third-order valence-corrected chi connectivity index (χ3v) is 3.07. The van der Waals surface area contributed by atoms with Crippen molar-refractivity contribution in [3.63, 3.8) is 0 Å². The molecule has 0 radical (unpaired) electrons. The van der Waals surface area contributed by atoms with E-state index in [1.165, 1.54) is 4.57 Å². The Morgan fingerprint density at radius 1 is 1.41 bits per heavy atom. The zero-order valence-electron chi connectivity index (χ0n) is 9.32. The fraction of sp³-hybridized carbons (Fsp3) is 0.167. The number of benzene rings is 1. The van der Waals surface area contributed by atoms with Gasteiger partial charge in [-0.2, -0.15) is 0 Å². The Hall–Kier alpha value is -1.81. The first-order valence-corrected chi connectivity index (χ1v) is 5.33. The second kappa shape index (κ2) is 3.89. The van der Waals surface area contributed by atoms with Gasteiger partial charge in [-0.15, -0.1) is 0 Å². The summed E-state index contributed by atoms with van der Waals surface area (Å²) in [6.45, 7) is 1.61. The van der Waals surface area contributed by atoms with E-state index in [1.54, 1.807) is 32.2 Å². The summed E-state index contributed by atoms with van der Waals surface area (Å²) in [7, 11) is 1.55. The largest absolute Gasteiger partial charge is 0.477 e. The lowest BCUT2D eigenvalue weighted by atomic mass is 10.0. The molecule has 2 rings (SSSR count). The molecule has 0 amide bonds. The van der Waals surface area contributed by atoms with Crippen LogP contribution in [0.1, 0.15) is 15.9 Å². The highest BCUT2D eigenvalue weighted by atomic mass is 35.5. The van der Waals surface area contributed by atoms with Gasteiger partial charge in [-0.05, 0) is 30.7 Å². The van der Waals surface area contributed by atoms with Gasteiger partial charge in [0, 0.05) is 17.5 Å². The van der Waals surface area contributed by atoms with Crippen molar-refractivity contribution in [1.82, 2.24) is 4.57 Å². The average molecular weight is 252 g/mol.